The Bertz CT molecular complexity index is 1230. The monoisotopic (exact) mass is 429 g/mol. The third-order valence-corrected chi connectivity index (χ3v) is 5.93. The summed E-state index contributed by atoms with van der Waals surface area (Å²) in [5.41, 5.74) is 5.77. The van der Waals surface area contributed by atoms with Crippen LogP contribution in [-0.2, 0) is 13.1 Å². The number of alkyl halides is 3. The van der Waals surface area contributed by atoms with Crippen LogP contribution in [0.15, 0.2) is 35.4 Å². The number of hydrogen-bond donors (Lipinski definition) is 0. The largest absolute Gasteiger partial charge is 0.361 e. The van der Waals surface area contributed by atoms with E-state index in [1.165, 1.54) is 0 Å². The molecule has 0 bridgehead atoms. The van der Waals surface area contributed by atoms with E-state index in [-0.39, 0.29) is 25.3 Å². The molecule has 0 aliphatic heterocycles. The van der Waals surface area contributed by atoms with Crippen LogP contribution in [0.4, 0.5) is 13.2 Å². The van der Waals surface area contributed by atoms with Gasteiger partial charge in [-0.1, -0.05) is 5.16 Å². The summed E-state index contributed by atoms with van der Waals surface area (Å²) >= 11 is 0. The lowest BCUT2D eigenvalue weighted by Gasteiger charge is -2.35. The van der Waals surface area contributed by atoms with Crippen molar-refractivity contribution in [2.24, 2.45) is 5.92 Å². The molecule has 162 valence electrons. The molecular formula is C22H22F3N5O. The lowest BCUT2D eigenvalue weighted by atomic mass is 9.81. The minimum atomic E-state index is -2.57. The van der Waals surface area contributed by atoms with Crippen LogP contribution >= 0.6 is 0 Å². The Labute approximate surface area is 176 Å². The van der Waals surface area contributed by atoms with E-state index < -0.39 is 12.6 Å². The number of aryl methyl sites for hydroxylation is 3. The fourth-order valence-electron chi connectivity index (χ4n) is 4.46. The summed E-state index contributed by atoms with van der Waals surface area (Å²) in [6.07, 6.45) is 6.95. The predicted octanol–water partition coefficient (Wildman–Crippen LogP) is 5.19. The molecule has 9 heteroatoms. The van der Waals surface area contributed by atoms with Crippen molar-refractivity contribution >= 4 is 11.0 Å². The zero-order chi connectivity index (χ0) is 21.8. The quantitative estimate of drug-likeness (QED) is 0.423. The third kappa shape index (κ3) is 3.51. The van der Waals surface area contributed by atoms with Crippen molar-refractivity contribution in [2.45, 2.75) is 45.7 Å². The highest BCUT2D eigenvalue weighted by Gasteiger charge is 2.45. The zero-order valence-electron chi connectivity index (χ0n) is 17.3. The standard InChI is InChI=1S/C22H22F3N5O/c1-13-20(14(2)31-28-13)16-5-19-21(26-8-16)18(17-9-27-30(11-17)4-3-23)12-29(19)10-15-6-22(24,25)7-15/h5,8-9,11-12,15H,3-4,6-7,10H2,1-2H3. The molecule has 1 aliphatic rings. The van der Waals surface area contributed by atoms with Gasteiger partial charge in [-0.15, -0.1) is 0 Å². The summed E-state index contributed by atoms with van der Waals surface area (Å²) < 4.78 is 48.3. The summed E-state index contributed by atoms with van der Waals surface area (Å²) in [6.45, 7) is 3.88. The second-order valence-corrected chi connectivity index (χ2v) is 8.30. The molecule has 0 spiro atoms. The van der Waals surface area contributed by atoms with E-state index in [1.54, 1.807) is 23.3 Å². The van der Waals surface area contributed by atoms with Crippen LogP contribution in [0.25, 0.3) is 33.3 Å². The molecule has 1 saturated carbocycles. The highest BCUT2D eigenvalue weighted by molar-refractivity contribution is 5.94. The Morgan fingerprint density at radius 2 is 1.97 bits per heavy atom. The number of pyridine rings is 1. The van der Waals surface area contributed by atoms with Gasteiger partial charge in [0.1, 0.15) is 12.4 Å². The summed E-state index contributed by atoms with van der Waals surface area (Å²) in [6, 6.07) is 2.00. The van der Waals surface area contributed by atoms with Crippen LogP contribution in [0, 0.1) is 19.8 Å². The molecule has 0 atom stereocenters. The Morgan fingerprint density at radius 1 is 1.16 bits per heavy atom. The highest BCUT2D eigenvalue weighted by Crippen LogP contribution is 2.44. The lowest BCUT2D eigenvalue weighted by molar-refractivity contribution is -0.113. The van der Waals surface area contributed by atoms with Crippen LogP contribution in [0.1, 0.15) is 24.3 Å². The molecule has 6 nitrogen and oxygen atoms in total. The van der Waals surface area contributed by atoms with Crippen molar-refractivity contribution in [2.75, 3.05) is 6.67 Å². The smallest absolute Gasteiger partial charge is 0.248 e. The van der Waals surface area contributed by atoms with E-state index in [1.807, 2.05) is 30.7 Å². The Hall–Kier alpha value is -3.10. The topological polar surface area (TPSA) is 61.7 Å². The average Bonchev–Trinajstić information content (AvgIpc) is 3.39. The SMILES string of the molecule is Cc1noc(C)c1-c1cnc2c(-c3cnn(CCF)c3)cn(CC3CC(F)(F)C3)c2c1. The van der Waals surface area contributed by atoms with Crippen molar-refractivity contribution in [3.8, 4) is 22.3 Å². The summed E-state index contributed by atoms with van der Waals surface area (Å²) in [4.78, 5) is 4.70. The van der Waals surface area contributed by atoms with Gasteiger partial charge in [-0.2, -0.15) is 5.10 Å². The molecule has 31 heavy (non-hydrogen) atoms. The molecule has 0 N–H and O–H groups in total. The number of halogens is 3. The van der Waals surface area contributed by atoms with Crippen molar-refractivity contribution in [1.82, 2.24) is 24.5 Å². The summed E-state index contributed by atoms with van der Waals surface area (Å²) in [5.74, 6) is -1.96. The van der Waals surface area contributed by atoms with E-state index in [4.69, 9.17) is 9.51 Å². The van der Waals surface area contributed by atoms with E-state index in [0.29, 0.717) is 12.3 Å². The van der Waals surface area contributed by atoms with Gasteiger partial charge in [0.2, 0.25) is 5.92 Å². The maximum Gasteiger partial charge on any atom is 0.248 e. The van der Waals surface area contributed by atoms with Gasteiger partial charge < -0.3 is 9.09 Å². The molecule has 0 aromatic carbocycles. The first-order chi connectivity index (χ1) is 14.8. The van der Waals surface area contributed by atoms with Crippen LogP contribution in [0.3, 0.4) is 0 Å². The summed E-state index contributed by atoms with van der Waals surface area (Å²) in [7, 11) is 0. The molecule has 0 radical (unpaired) electrons. The number of nitrogens with zero attached hydrogens (tertiary/aromatic N) is 5. The fraction of sp³-hybridized carbons (Fsp3) is 0.409. The molecular weight excluding hydrogens is 407 g/mol. The van der Waals surface area contributed by atoms with Gasteiger partial charge in [0, 0.05) is 60.2 Å². The molecule has 0 saturated heterocycles. The van der Waals surface area contributed by atoms with Crippen molar-refractivity contribution in [1.29, 1.82) is 0 Å². The molecule has 1 aliphatic carbocycles. The third-order valence-electron chi connectivity index (χ3n) is 5.93. The van der Waals surface area contributed by atoms with E-state index in [0.717, 1.165) is 39.0 Å². The predicted molar refractivity (Wildman–Crippen MR) is 110 cm³/mol. The number of aromatic nitrogens is 5. The average molecular weight is 429 g/mol. The molecule has 4 aromatic heterocycles. The van der Waals surface area contributed by atoms with Crippen molar-refractivity contribution < 1.29 is 17.7 Å². The van der Waals surface area contributed by atoms with Crippen molar-refractivity contribution in [3.63, 3.8) is 0 Å². The highest BCUT2D eigenvalue weighted by atomic mass is 19.3. The molecule has 4 aromatic rings. The Kier molecular flexibility index (Phi) is 4.64. The molecule has 4 heterocycles. The number of hydrogen-bond acceptors (Lipinski definition) is 4. The minimum Gasteiger partial charge on any atom is -0.361 e. The van der Waals surface area contributed by atoms with E-state index >= 15 is 0 Å². The second-order valence-electron chi connectivity index (χ2n) is 8.30. The fourth-order valence-corrected chi connectivity index (χ4v) is 4.46. The van der Waals surface area contributed by atoms with Crippen molar-refractivity contribution in [3.05, 3.63) is 42.3 Å². The second kappa shape index (κ2) is 7.25. The van der Waals surface area contributed by atoms with Crippen LogP contribution in [0.2, 0.25) is 0 Å². The maximum atomic E-state index is 13.4. The number of rotatable bonds is 6. The van der Waals surface area contributed by atoms with E-state index in [2.05, 4.69) is 10.3 Å². The van der Waals surface area contributed by atoms with Gasteiger partial charge in [-0.3, -0.25) is 9.67 Å². The zero-order valence-corrected chi connectivity index (χ0v) is 17.3. The summed E-state index contributed by atoms with van der Waals surface area (Å²) in [5, 5.41) is 8.23. The van der Waals surface area contributed by atoms with Crippen LogP contribution in [-0.4, -0.2) is 37.1 Å². The van der Waals surface area contributed by atoms with Gasteiger partial charge in [0.25, 0.3) is 0 Å². The number of fused-ring (bicyclic) bond motifs is 1. The van der Waals surface area contributed by atoms with Gasteiger partial charge in [0.05, 0.1) is 29.5 Å². The van der Waals surface area contributed by atoms with Gasteiger partial charge >= 0.3 is 0 Å². The molecule has 0 amide bonds. The lowest BCUT2D eigenvalue weighted by Crippen LogP contribution is -2.37. The molecule has 0 unspecified atom stereocenters. The van der Waals surface area contributed by atoms with Gasteiger partial charge in [-0.05, 0) is 25.8 Å². The Balaban J connectivity index is 1.60. The first-order valence-corrected chi connectivity index (χ1v) is 10.2. The van der Waals surface area contributed by atoms with Crippen LogP contribution < -0.4 is 0 Å². The minimum absolute atomic E-state index is 0.0876. The van der Waals surface area contributed by atoms with Gasteiger partial charge in [0.15, 0.2) is 0 Å². The Morgan fingerprint density at radius 3 is 2.65 bits per heavy atom. The van der Waals surface area contributed by atoms with E-state index in [9.17, 15) is 13.2 Å². The van der Waals surface area contributed by atoms with Crippen LogP contribution in [0.5, 0.6) is 0 Å². The molecule has 5 rings (SSSR count). The first kappa shape index (κ1) is 19.8. The first-order valence-electron chi connectivity index (χ1n) is 10.2. The molecule has 1 fully saturated rings. The van der Waals surface area contributed by atoms with Gasteiger partial charge in [-0.25, -0.2) is 13.2 Å². The maximum absolute atomic E-state index is 13.4. The normalized spacial score (nSPS) is 16.2.